The maximum absolute atomic E-state index is 7.18. The van der Waals surface area contributed by atoms with Gasteiger partial charge in [-0.3, -0.25) is 0 Å². The molecule has 1 aromatic heterocycles. The molecule has 7 aromatic rings. The SMILES string of the molecule is C=C1[C@@H](COCc2ccccc2)O[C@@H](c2cc(Cc3cc4ccccc4s3)c(C)cc2OCc2ccccc2)[C@H](OCc2ccccc2)[C@H]1OCc1ccccc1. The summed E-state index contributed by atoms with van der Waals surface area (Å²) in [5.41, 5.74) is 8.38. The second-order valence-corrected chi connectivity index (χ2v) is 15.8. The Morgan fingerprint density at radius 3 is 1.81 bits per heavy atom. The van der Waals surface area contributed by atoms with Gasteiger partial charge in [0.05, 0.1) is 26.4 Å². The van der Waals surface area contributed by atoms with E-state index < -0.39 is 24.4 Å². The zero-order chi connectivity index (χ0) is 38.8. The molecule has 288 valence electrons. The summed E-state index contributed by atoms with van der Waals surface area (Å²) >= 11 is 1.84. The molecule has 0 N–H and O–H groups in total. The maximum Gasteiger partial charge on any atom is 0.126 e. The lowest BCUT2D eigenvalue weighted by molar-refractivity contribution is -0.191. The molecule has 8 rings (SSSR count). The van der Waals surface area contributed by atoms with Crippen LogP contribution in [0.2, 0.25) is 0 Å². The van der Waals surface area contributed by atoms with Gasteiger partial charge in [0.25, 0.3) is 0 Å². The minimum absolute atomic E-state index is 0.307. The van der Waals surface area contributed by atoms with E-state index in [1.807, 2.05) is 84.1 Å². The van der Waals surface area contributed by atoms with Gasteiger partial charge in [-0.05, 0) is 75.5 Å². The van der Waals surface area contributed by atoms with Gasteiger partial charge in [-0.1, -0.05) is 146 Å². The van der Waals surface area contributed by atoms with Gasteiger partial charge in [-0.25, -0.2) is 0 Å². The number of benzene rings is 6. The molecule has 1 saturated heterocycles. The van der Waals surface area contributed by atoms with E-state index in [0.29, 0.717) is 33.0 Å². The fourth-order valence-electron chi connectivity index (χ4n) is 7.38. The fraction of sp³-hybridized carbons (Fsp3) is 0.216. The number of fused-ring (bicyclic) bond motifs is 1. The normalized spacial score (nSPS) is 18.2. The molecule has 0 amide bonds. The summed E-state index contributed by atoms with van der Waals surface area (Å²) in [6.45, 7) is 8.72. The third-order valence-electron chi connectivity index (χ3n) is 10.5. The molecule has 5 nitrogen and oxygen atoms in total. The summed E-state index contributed by atoms with van der Waals surface area (Å²) in [5, 5.41) is 1.26. The second kappa shape index (κ2) is 18.7. The maximum atomic E-state index is 7.18. The Hall–Kier alpha value is -5.34. The molecule has 0 radical (unpaired) electrons. The third-order valence-corrected chi connectivity index (χ3v) is 11.6. The predicted octanol–water partition coefficient (Wildman–Crippen LogP) is 11.8. The van der Waals surface area contributed by atoms with E-state index in [9.17, 15) is 0 Å². The van der Waals surface area contributed by atoms with Crippen molar-refractivity contribution >= 4 is 21.4 Å². The van der Waals surface area contributed by atoms with Gasteiger partial charge in [0.2, 0.25) is 0 Å². The van der Waals surface area contributed by atoms with Gasteiger partial charge >= 0.3 is 0 Å². The molecule has 0 spiro atoms. The first-order valence-corrected chi connectivity index (χ1v) is 20.4. The van der Waals surface area contributed by atoms with Crippen LogP contribution in [0.25, 0.3) is 10.1 Å². The Morgan fingerprint density at radius 1 is 0.614 bits per heavy atom. The summed E-state index contributed by atoms with van der Waals surface area (Å²) in [6, 6.07) is 56.3. The molecule has 6 aromatic carbocycles. The Labute approximate surface area is 340 Å². The van der Waals surface area contributed by atoms with E-state index in [1.54, 1.807) is 0 Å². The highest BCUT2D eigenvalue weighted by atomic mass is 32.1. The van der Waals surface area contributed by atoms with Gasteiger partial charge in [0.1, 0.15) is 36.8 Å². The smallest absolute Gasteiger partial charge is 0.126 e. The standard InChI is InChI=1S/C51H48O5S/c1-36-27-46(53-32-39-19-9-4-10-20-39)45(30-43(36)29-44-28-42-25-15-16-26-48(42)57-44)50-51(55-34-41-23-13-6-14-24-41)49(54-33-40-21-11-5-12-22-40)37(2)47(56-50)35-52-31-38-17-7-3-8-18-38/h3-28,30,47,49-51H,2,29,31-35H2,1H3/t47-,49+,50+,51-/m1/s1. The summed E-state index contributed by atoms with van der Waals surface area (Å²) in [7, 11) is 0. The number of ether oxygens (including phenoxy) is 5. The topological polar surface area (TPSA) is 46.2 Å². The lowest BCUT2D eigenvalue weighted by atomic mass is 9.87. The van der Waals surface area contributed by atoms with E-state index in [-0.39, 0.29) is 0 Å². The van der Waals surface area contributed by atoms with Crippen LogP contribution in [0, 0.1) is 6.92 Å². The molecule has 2 heterocycles. The molecule has 1 aliphatic rings. The Balaban J connectivity index is 1.19. The molecule has 0 bridgehead atoms. The van der Waals surface area contributed by atoms with Crippen LogP contribution in [0.15, 0.2) is 176 Å². The highest BCUT2D eigenvalue weighted by molar-refractivity contribution is 7.19. The van der Waals surface area contributed by atoms with Gasteiger partial charge in [-0.15, -0.1) is 11.3 Å². The largest absolute Gasteiger partial charge is 0.489 e. The minimum atomic E-state index is -0.571. The highest BCUT2D eigenvalue weighted by Crippen LogP contribution is 2.43. The van der Waals surface area contributed by atoms with Crippen LogP contribution in [0.4, 0.5) is 0 Å². The van der Waals surface area contributed by atoms with Crippen molar-refractivity contribution in [3.63, 3.8) is 0 Å². The Kier molecular flexibility index (Phi) is 12.7. The zero-order valence-corrected chi connectivity index (χ0v) is 33.1. The van der Waals surface area contributed by atoms with Crippen LogP contribution in [0.5, 0.6) is 5.75 Å². The van der Waals surface area contributed by atoms with Crippen LogP contribution in [-0.4, -0.2) is 24.9 Å². The van der Waals surface area contributed by atoms with Crippen molar-refractivity contribution in [1.29, 1.82) is 0 Å². The average Bonchev–Trinajstić information content (AvgIpc) is 3.67. The lowest BCUT2D eigenvalue weighted by Gasteiger charge is -2.43. The van der Waals surface area contributed by atoms with E-state index in [1.165, 1.54) is 20.5 Å². The molecular formula is C51H48O5S. The second-order valence-electron chi connectivity index (χ2n) is 14.6. The van der Waals surface area contributed by atoms with Crippen molar-refractivity contribution in [3.05, 3.63) is 220 Å². The first-order chi connectivity index (χ1) is 28.1. The molecule has 57 heavy (non-hydrogen) atoms. The van der Waals surface area contributed by atoms with Crippen molar-refractivity contribution in [2.24, 2.45) is 0 Å². The predicted molar refractivity (Wildman–Crippen MR) is 229 cm³/mol. The summed E-state index contributed by atoms with van der Waals surface area (Å²) in [5.74, 6) is 0.757. The molecule has 0 aliphatic carbocycles. The Morgan fingerprint density at radius 2 is 1.18 bits per heavy atom. The van der Waals surface area contributed by atoms with Crippen molar-refractivity contribution in [1.82, 2.24) is 0 Å². The van der Waals surface area contributed by atoms with Crippen LogP contribution in [-0.2, 0) is 51.8 Å². The lowest BCUT2D eigenvalue weighted by Crippen LogP contribution is -2.49. The van der Waals surface area contributed by atoms with Crippen molar-refractivity contribution in [3.8, 4) is 5.75 Å². The molecular weight excluding hydrogens is 725 g/mol. The molecule has 0 saturated carbocycles. The van der Waals surface area contributed by atoms with E-state index in [4.69, 9.17) is 23.7 Å². The van der Waals surface area contributed by atoms with E-state index in [0.717, 1.165) is 51.1 Å². The van der Waals surface area contributed by atoms with Gasteiger partial charge < -0.3 is 23.7 Å². The van der Waals surface area contributed by atoms with Crippen molar-refractivity contribution < 1.29 is 23.7 Å². The number of thiophene rings is 1. The molecule has 1 fully saturated rings. The average molecular weight is 773 g/mol. The van der Waals surface area contributed by atoms with Crippen molar-refractivity contribution in [2.45, 2.75) is 64.2 Å². The molecule has 0 unspecified atom stereocenters. The number of rotatable bonds is 16. The molecule has 1 aliphatic heterocycles. The van der Waals surface area contributed by atoms with Gasteiger partial charge in [-0.2, -0.15) is 0 Å². The van der Waals surface area contributed by atoms with Gasteiger partial charge in [0.15, 0.2) is 0 Å². The van der Waals surface area contributed by atoms with Gasteiger partial charge in [0, 0.05) is 21.6 Å². The fourth-order valence-corrected chi connectivity index (χ4v) is 8.47. The quantitative estimate of drug-likeness (QED) is 0.0916. The van der Waals surface area contributed by atoms with Crippen LogP contribution < -0.4 is 4.74 Å². The minimum Gasteiger partial charge on any atom is -0.489 e. The summed E-state index contributed by atoms with van der Waals surface area (Å²) in [4.78, 5) is 1.30. The first-order valence-electron chi connectivity index (χ1n) is 19.6. The first kappa shape index (κ1) is 38.5. The zero-order valence-electron chi connectivity index (χ0n) is 32.3. The number of aryl methyl sites for hydroxylation is 1. The van der Waals surface area contributed by atoms with Crippen LogP contribution >= 0.6 is 11.3 Å². The van der Waals surface area contributed by atoms with E-state index in [2.05, 4.69) is 104 Å². The Bertz CT molecular complexity index is 2310. The van der Waals surface area contributed by atoms with Crippen LogP contribution in [0.1, 0.15) is 49.9 Å². The third kappa shape index (κ3) is 9.80. The van der Waals surface area contributed by atoms with Crippen molar-refractivity contribution in [2.75, 3.05) is 6.61 Å². The summed E-state index contributed by atoms with van der Waals surface area (Å²) < 4.78 is 35.4. The molecule has 4 atom stereocenters. The summed E-state index contributed by atoms with van der Waals surface area (Å²) in [6.07, 6.45) is -1.31. The van der Waals surface area contributed by atoms with E-state index >= 15 is 0 Å². The molecule has 6 heteroatoms. The number of hydrogen-bond acceptors (Lipinski definition) is 6. The van der Waals surface area contributed by atoms with Crippen LogP contribution in [0.3, 0.4) is 0 Å². The monoisotopic (exact) mass is 772 g/mol. The highest BCUT2D eigenvalue weighted by Gasteiger charge is 2.45. The number of hydrogen-bond donors (Lipinski definition) is 0.